The molecule has 0 amide bonds. The summed E-state index contributed by atoms with van der Waals surface area (Å²) >= 11 is 0. The Hall–Kier alpha value is 0.334. The second kappa shape index (κ2) is 20.4. The van der Waals surface area contributed by atoms with Crippen LogP contribution in [-0.2, 0) is 13.6 Å². The van der Waals surface area contributed by atoms with Crippen LogP contribution in [-0.4, -0.2) is 81.6 Å². The highest BCUT2D eigenvalue weighted by molar-refractivity contribution is 7.35. The number of rotatable bonds is 16. The maximum Gasteiger partial charge on any atom is 0.192 e. The molecule has 0 aliphatic heterocycles. The van der Waals surface area contributed by atoms with Gasteiger partial charge in [-0.05, 0) is 218 Å². The molecule has 6 aliphatic carbocycles. The summed E-state index contributed by atoms with van der Waals surface area (Å²) < 4.78 is 14.1. The number of hydrogen-bond acceptors (Lipinski definition) is 6. The predicted molar refractivity (Wildman–Crippen MR) is 275 cm³/mol. The number of hydrogen-bond donors (Lipinski definition) is 3. The zero-order valence-electron chi connectivity index (χ0n) is 44.7. The lowest BCUT2D eigenvalue weighted by Crippen LogP contribution is -2.50. The molecule has 9 heteroatoms. The van der Waals surface area contributed by atoms with Crippen LogP contribution in [0.1, 0.15) is 199 Å². The van der Waals surface area contributed by atoms with Crippen LogP contribution in [0.5, 0.6) is 0 Å². The third-order valence-electron chi connectivity index (χ3n) is 19.7. The van der Waals surface area contributed by atoms with E-state index in [0.29, 0.717) is 64.6 Å². The van der Waals surface area contributed by atoms with Gasteiger partial charge in [-0.3, -0.25) is 0 Å². The number of aliphatic hydroxyl groups is 3. The topological polar surface area (TPSA) is 96.2 Å². The first-order chi connectivity index (χ1) is 28.7. The molecule has 12 atom stereocenters. The Morgan fingerprint density at radius 2 is 1.02 bits per heavy atom. The van der Waals surface area contributed by atoms with E-state index in [1.54, 1.807) is 0 Å². The zero-order chi connectivity index (χ0) is 47.9. The highest BCUT2D eigenvalue weighted by atomic mass is 31.1. The number of carbonyl (C=O) groups is 1. The third kappa shape index (κ3) is 12.6. The monoisotopic (exact) mass is 937 g/mol. The van der Waals surface area contributed by atoms with E-state index in [1.807, 2.05) is 27.7 Å². The van der Waals surface area contributed by atoms with Gasteiger partial charge in [0.05, 0.1) is 11.2 Å². The summed E-state index contributed by atoms with van der Waals surface area (Å²) in [5, 5.41) is 31.0. The van der Waals surface area contributed by atoms with Gasteiger partial charge in [0.15, 0.2) is 16.6 Å². The Kier molecular flexibility index (Phi) is 18.1. The van der Waals surface area contributed by atoms with Gasteiger partial charge < -0.3 is 29.0 Å². The van der Waals surface area contributed by atoms with Gasteiger partial charge in [0.1, 0.15) is 6.29 Å². The number of fused-ring (bicyclic) bond motifs is 2. The molecule has 6 nitrogen and oxygen atoms in total. The molecule has 6 aliphatic rings. The predicted octanol–water partition coefficient (Wildman–Crippen LogP) is 14.2. The molecule has 0 spiro atoms. The lowest BCUT2D eigenvalue weighted by atomic mass is 9.59. The number of aldehydes is 1. The maximum absolute atomic E-state index is 11.9. The SMILES string of the molecule is CC(C)(O)CCCC1(C2CCC3[C@@H](O[Si](C)(C)C(C)(C)C)CCC[C@@]32C)CC1C=O.CC(C)(O)CCCC1(C2CCC3[C@@H](O[Si](C)(C)C(C)(C)C)CCC[C@@]32C)CC1CO.CPC. The van der Waals surface area contributed by atoms with Crippen LogP contribution in [0.4, 0.5) is 0 Å². The summed E-state index contributed by atoms with van der Waals surface area (Å²) in [6.07, 6.45) is 23.1. The Labute approximate surface area is 394 Å². The molecule has 0 heterocycles. The lowest BCUT2D eigenvalue weighted by Gasteiger charge is -2.50. The van der Waals surface area contributed by atoms with Gasteiger partial charge in [0.2, 0.25) is 0 Å². The molecule has 63 heavy (non-hydrogen) atoms. The van der Waals surface area contributed by atoms with E-state index in [4.69, 9.17) is 8.85 Å². The van der Waals surface area contributed by atoms with Gasteiger partial charge in [-0.15, -0.1) is 8.58 Å². The molecule has 6 fully saturated rings. The third-order valence-corrected chi connectivity index (χ3v) is 28.7. The van der Waals surface area contributed by atoms with Gasteiger partial charge in [-0.25, -0.2) is 0 Å². The molecule has 370 valence electrons. The summed E-state index contributed by atoms with van der Waals surface area (Å²) in [7, 11) is -2.47. The largest absolute Gasteiger partial charge is 0.414 e. The first-order valence-electron chi connectivity index (χ1n) is 26.2. The van der Waals surface area contributed by atoms with Crippen LogP contribution >= 0.6 is 8.58 Å². The molecule has 0 radical (unpaired) electrons. The summed E-state index contributed by atoms with van der Waals surface area (Å²) in [4.78, 5) is 11.9. The van der Waals surface area contributed by atoms with Crippen LogP contribution in [0.15, 0.2) is 0 Å². The van der Waals surface area contributed by atoms with Crippen molar-refractivity contribution in [3.8, 4) is 0 Å². The van der Waals surface area contributed by atoms with E-state index in [9.17, 15) is 20.1 Å². The van der Waals surface area contributed by atoms with Gasteiger partial charge in [-0.2, -0.15) is 0 Å². The summed E-state index contributed by atoms with van der Waals surface area (Å²) in [5.41, 5.74) is -0.0406. The minimum atomic E-state index is -1.78. The van der Waals surface area contributed by atoms with Gasteiger partial charge in [-0.1, -0.05) is 81.1 Å². The molecule has 0 aromatic heterocycles. The summed E-state index contributed by atoms with van der Waals surface area (Å²) in [6.45, 7) is 41.1. The van der Waals surface area contributed by atoms with Gasteiger partial charge >= 0.3 is 0 Å². The summed E-state index contributed by atoms with van der Waals surface area (Å²) in [6, 6.07) is 0. The van der Waals surface area contributed by atoms with E-state index in [1.165, 1.54) is 83.3 Å². The molecular formula is C54H105O6PSi2. The molecular weight excluding hydrogens is 832 g/mol. The quantitative estimate of drug-likeness (QED) is 0.0811. The van der Waals surface area contributed by atoms with Gasteiger partial charge in [0, 0.05) is 24.7 Å². The van der Waals surface area contributed by atoms with E-state index in [0.717, 1.165) is 47.1 Å². The average molecular weight is 938 g/mol. The molecule has 0 aromatic rings. The van der Waals surface area contributed by atoms with Crippen molar-refractivity contribution < 1.29 is 29.0 Å². The van der Waals surface area contributed by atoms with Crippen molar-refractivity contribution in [2.24, 2.45) is 57.2 Å². The Morgan fingerprint density at radius 3 is 1.33 bits per heavy atom. The fourth-order valence-corrected chi connectivity index (χ4v) is 17.0. The first-order valence-corrected chi connectivity index (χ1v) is 34.0. The van der Waals surface area contributed by atoms with Crippen LogP contribution in [0.3, 0.4) is 0 Å². The van der Waals surface area contributed by atoms with Crippen molar-refractivity contribution in [1.29, 1.82) is 0 Å². The molecule has 0 aromatic carbocycles. The van der Waals surface area contributed by atoms with Crippen LogP contribution in [0.2, 0.25) is 36.3 Å². The average Bonchev–Trinajstić information content (AvgIpc) is 3.93. The van der Waals surface area contributed by atoms with Crippen LogP contribution in [0.25, 0.3) is 0 Å². The van der Waals surface area contributed by atoms with Crippen molar-refractivity contribution in [3.05, 3.63) is 0 Å². The minimum absolute atomic E-state index is 0.190. The van der Waals surface area contributed by atoms with Crippen molar-refractivity contribution in [1.82, 2.24) is 0 Å². The Balaban J connectivity index is 0.000000260. The molecule has 0 saturated heterocycles. The minimum Gasteiger partial charge on any atom is -0.414 e. The van der Waals surface area contributed by atoms with E-state index >= 15 is 0 Å². The van der Waals surface area contributed by atoms with Crippen molar-refractivity contribution >= 4 is 31.5 Å². The number of carbonyl (C=O) groups excluding carboxylic acids is 1. The van der Waals surface area contributed by atoms with Crippen molar-refractivity contribution in [2.75, 3.05) is 19.9 Å². The van der Waals surface area contributed by atoms with Gasteiger partial charge in [0.25, 0.3) is 0 Å². The second-order valence-electron chi connectivity index (χ2n) is 27.4. The highest BCUT2D eigenvalue weighted by Gasteiger charge is 2.68. The Morgan fingerprint density at radius 1 is 0.635 bits per heavy atom. The molecule has 3 N–H and O–H groups in total. The van der Waals surface area contributed by atoms with E-state index in [-0.39, 0.29) is 21.4 Å². The lowest BCUT2D eigenvalue weighted by molar-refractivity contribution is -0.110. The van der Waals surface area contributed by atoms with Crippen molar-refractivity contribution in [3.63, 3.8) is 0 Å². The molecule has 8 unspecified atom stereocenters. The standard InChI is InChI=1S/C26H50O3Si.C26H48O3Si.C2H7P/c2*1-23(2,3)30(7,8)29-21-11-9-15-25(6)20(21)12-13-22(25)26(17-19(26)18-27)16-10-14-24(4,5)28;1-3-2/h19-22,27-28H,9-18H2,1-8H3;18-22,28H,9-17H2,1-8H3;3H,1-2H3/t2*19?,20?,21-,22?,25-,26?;/m00./s1. The van der Waals surface area contributed by atoms with Crippen LogP contribution in [0, 0.1) is 57.2 Å². The highest BCUT2D eigenvalue weighted by Crippen LogP contribution is 2.73. The Bertz CT molecular complexity index is 1480. The number of aliphatic hydroxyl groups excluding tert-OH is 1. The molecule has 6 saturated carbocycles. The van der Waals surface area contributed by atoms with Crippen LogP contribution < -0.4 is 0 Å². The summed E-state index contributed by atoms with van der Waals surface area (Å²) in [5.74, 6) is 3.38. The second-order valence-corrected chi connectivity index (χ2v) is 37.9. The normalized spacial score (nSPS) is 38.1. The zero-order valence-corrected chi connectivity index (χ0v) is 47.7. The van der Waals surface area contributed by atoms with E-state index < -0.39 is 27.8 Å². The van der Waals surface area contributed by atoms with Crippen molar-refractivity contribution in [2.45, 2.75) is 258 Å². The smallest absolute Gasteiger partial charge is 0.192 e. The maximum atomic E-state index is 11.9. The molecule has 6 rings (SSSR count). The fourth-order valence-electron chi connectivity index (χ4n) is 14.2. The first kappa shape index (κ1) is 55.9. The van der Waals surface area contributed by atoms with E-state index in [2.05, 4.69) is 94.9 Å². The fraction of sp³-hybridized carbons (Fsp3) is 0.981. The molecule has 0 bridgehead atoms.